The van der Waals surface area contributed by atoms with Crippen LogP contribution in [0.2, 0.25) is 0 Å². The number of carbonyl (C=O) groups is 1. The van der Waals surface area contributed by atoms with Crippen LogP contribution in [-0.4, -0.2) is 23.7 Å². The van der Waals surface area contributed by atoms with Gasteiger partial charge in [-0.25, -0.2) is 4.98 Å². The number of benzene rings is 2. The van der Waals surface area contributed by atoms with E-state index >= 15 is 0 Å². The molecule has 5 nitrogen and oxygen atoms in total. The molecule has 3 aromatic rings. The molecule has 1 heterocycles. The average Bonchev–Trinajstić information content (AvgIpc) is 2.71. The third-order valence-corrected chi connectivity index (χ3v) is 4.51. The number of rotatable bonds is 4. The Kier molecular flexibility index (Phi) is 5.86. The summed E-state index contributed by atoms with van der Waals surface area (Å²) < 4.78 is 38.6. The maximum Gasteiger partial charge on any atom is 0.416 e. The van der Waals surface area contributed by atoms with Crippen LogP contribution < -0.4 is 11.1 Å². The fraction of sp³-hybridized carbons (Fsp3) is 0.136. The second-order valence-corrected chi connectivity index (χ2v) is 6.55. The van der Waals surface area contributed by atoms with Crippen molar-refractivity contribution in [3.05, 3.63) is 71.9 Å². The van der Waals surface area contributed by atoms with Crippen LogP contribution in [-0.2, 0) is 11.0 Å². The Labute approximate surface area is 171 Å². The van der Waals surface area contributed by atoms with Crippen LogP contribution in [0.1, 0.15) is 11.1 Å². The first-order valence-corrected chi connectivity index (χ1v) is 8.98. The molecule has 0 bridgehead atoms. The molecule has 3 N–H and O–H groups in total. The first-order valence-electron chi connectivity index (χ1n) is 8.98. The van der Waals surface area contributed by atoms with Crippen molar-refractivity contribution in [2.45, 2.75) is 13.1 Å². The number of aryl methyl sites for hydroxylation is 1. The molecule has 0 saturated heterocycles. The summed E-state index contributed by atoms with van der Waals surface area (Å²) in [4.78, 5) is 20.6. The van der Waals surface area contributed by atoms with Gasteiger partial charge in [-0.1, -0.05) is 12.1 Å². The zero-order chi connectivity index (χ0) is 21.9. The highest BCUT2D eigenvalue weighted by Crippen LogP contribution is 2.32. The van der Waals surface area contributed by atoms with Crippen molar-refractivity contribution >= 4 is 28.2 Å². The van der Waals surface area contributed by atoms with Crippen molar-refractivity contribution in [2.24, 2.45) is 10.7 Å². The summed E-state index contributed by atoms with van der Waals surface area (Å²) in [5, 5.41) is 3.18. The first kappa shape index (κ1) is 21.0. The van der Waals surface area contributed by atoms with Gasteiger partial charge in [0.25, 0.3) is 5.91 Å². The Morgan fingerprint density at radius 2 is 1.90 bits per heavy atom. The van der Waals surface area contributed by atoms with E-state index < -0.39 is 11.7 Å². The predicted molar refractivity (Wildman–Crippen MR) is 112 cm³/mol. The van der Waals surface area contributed by atoms with Crippen molar-refractivity contribution < 1.29 is 18.0 Å². The summed E-state index contributed by atoms with van der Waals surface area (Å²) >= 11 is 0. The number of hydrogen-bond donors (Lipinski definition) is 2. The highest BCUT2D eigenvalue weighted by Gasteiger charge is 2.30. The Balaban J connectivity index is 1.89. The third kappa shape index (κ3) is 4.48. The van der Waals surface area contributed by atoms with Gasteiger partial charge in [-0.05, 0) is 61.2 Å². The number of aromatic nitrogens is 1. The van der Waals surface area contributed by atoms with Crippen LogP contribution in [0.3, 0.4) is 0 Å². The molecule has 0 unspecified atom stereocenters. The van der Waals surface area contributed by atoms with E-state index in [1.54, 1.807) is 24.3 Å². The highest BCUT2D eigenvalue weighted by atomic mass is 19.4. The summed E-state index contributed by atoms with van der Waals surface area (Å²) in [6.45, 7) is 1.83. The van der Waals surface area contributed by atoms with Gasteiger partial charge in [-0.15, -0.1) is 0 Å². The summed E-state index contributed by atoms with van der Waals surface area (Å²) in [5.74, 6) is -0.389. The van der Waals surface area contributed by atoms with Crippen LogP contribution in [0.4, 0.5) is 18.9 Å². The van der Waals surface area contributed by atoms with Gasteiger partial charge in [-0.2, -0.15) is 13.2 Å². The largest absolute Gasteiger partial charge is 0.416 e. The molecule has 0 fully saturated rings. The second kappa shape index (κ2) is 8.36. The average molecular weight is 412 g/mol. The van der Waals surface area contributed by atoms with Gasteiger partial charge in [0.05, 0.1) is 16.8 Å². The fourth-order valence-electron chi connectivity index (χ4n) is 2.96. The normalized spacial score (nSPS) is 12.5. The van der Waals surface area contributed by atoms with Crippen LogP contribution in [0, 0.1) is 6.92 Å². The van der Waals surface area contributed by atoms with E-state index in [9.17, 15) is 18.0 Å². The number of hydrogen-bond acceptors (Lipinski definition) is 4. The second-order valence-electron chi connectivity index (χ2n) is 6.55. The maximum absolute atomic E-state index is 12.9. The number of anilines is 1. The number of aliphatic imine (C=N–C) groups is 1. The number of pyridine rings is 1. The molecule has 2 aromatic carbocycles. The van der Waals surface area contributed by atoms with Gasteiger partial charge in [-0.3, -0.25) is 9.79 Å². The van der Waals surface area contributed by atoms with Crippen molar-refractivity contribution in [2.75, 3.05) is 12.4 Å². The molecule has 0 atom stereocenters. The molecule has 8 heteroatoms. The number of nitrogens with one attached hydrogen (secondary N) is 1. The van der Waals surface area contributed by atoms with E-state index in [2.05, 4.69) is 15.3 Å². The monoisotopic (exact) mass is 412 g/mol. The Morgan fingerprint density at radius 3 is 2.53 bits per heavy atom. The lowest BCUT2D eigenvalue weighted by atomic mass is 10.0. The minimum atomic E-state index is -4.40. The quantitative estimate of drug-likeness (QED) is 0.609. The number of amides is 1. The zero-order valence-corrected chi connectivity index (χ0v) is 16.3. The summed E-state index contributed by atoms with van der Waals surface area (Å²) in [5.41, 5.74) is 8.05. The van der Waals surface area contributed by atoms with Gasteiger partial charge >= 0.3 is 6.18 Å². The van der Waals surface area contributed by atoms with E-state index in [4.69, 9.17) is 5.73 Å². The molecule has 0 aliphatic carbocycles. The predicted octanol–water partition coefficient (Wildman–Crippen LogP) is 4.71. The molecule has 0 aliphatic heterocycles. The number of alkyl halides is 3. The lowest BCUT2D eigenvalue weighted by molar-refractivity contribution is -0.137. The first-order chi connectivity index (χ1) is 14.2. The molecule has 0 saturated carbocycles. The van der Waals surface area contributed by atoms with Crippen molar-refractivity contribution in [3.63, 3.8) is 0 Å². The van der Waals surface area contributed by atoms with Gasteiger partial charge < -0.3 is 11.1 Å². The van der Waals surface area contributed by atoms with E-state index in [1.807, 2.05) is 13.0 Å². The summed E-state index contributed by atoms with van der Waals surface area (Å²) in [7, 11) is 1.49. The molecule has 1 amide bonds. The van der Waals surface area contributed by atoms with Crippen molar-refractivity contribution in [1.29, 1.82) is 0 Å². The van der Waals surface area contributed by atoms with E-state index in [-0.39, 0.29) is 11.6 Å². The molecule has 3 rings (SSSR count). The molecule has 154 valence electrons. The number of carbonyl (C=O) groups excluding carboxylic acids is 1. The number of nitrogens with zero attached hydrogens (tertiary/aromatic N) is 2. The lowest BCUT2D eigenvalue weighted by Crippen LogP contribution is -2.22. The Bertz CT molecular complexity index is 1170. The van der Waals surface area contributed by atoms with Crippen LogP contribution in [0.5, 0.6) is 0 Å². The molecule has 1 aromatic heterocycles. The minimum Gasteiger partial charge on any atom is -0.405 e. The summed E-state index contributed by atoms with van der Waals surface area (Å²) in [6.07, 6.45) is -1.75. The number of nitrogens with two attached hydrogens (primary N) is 1. The third-order valence-electron chi connectivity index (χ3n) is 4.51. The number of fused-ring (bicyclic) bond motifs is 1. The zero-order valence-electron chi connectivity index (χ0n) is 16.3. The van der Waals surface area contributed by atoms with Crippen LogP contribution in [0.25, 0.3) is 22.2 Å². The smallest absolute Gasteiger partial charge is 0.405 e. The number of halogens is 3. The van der Waals surface area contributed by atoms with E-state index in [1.165, 1.54) is 25.4 Å². The van der Waals surface area contributed by atoms with E-state index in [0.717, 1.165) is 23.3 Å². The molecule has 30 heavy (non-hydrogen) atoms. The molecular weight excluding hydrogens is 393 g/mol. The molecular formula is C22H19F3N4O. The standard InChI is InChI=1S/C22H19F3N4O/c1-13-11-14(3-6-17(13)29-21(30)20(27-2)9-10-26)18-7-4-15-12-16(22(23,24)25)5-8-19(15)28-18/h3-12H,26H2,1-2H3,(H,29,30). The Morgan fingerprint density at radius 1 is 1.13 bits per heavy atom. The minimum absolute atomic E-state index is 0.190. The lowest BCUT2D eigenvalue weighted by Gasteiger charge is -2.11. The van der Waals surface area contributed by atoms with Gasteiger partial charge in [0.2, 0.25) is 0 Å². The van der Waals surface area contributed by atoms with E-state index in [0.29, 0.717) is 22.3 Å². The topological polar surface area (TPSA) is 80.4 Å². The Hall–Kier alpha value is -3.68. The fourth-order valence-corrected chi connectivity index (χ4v) is 2.96. The summed E-state index contributed by atoms with van der Waals surface area (Å²) in [6, 6.07) is 12.1. The maximum atomic E-state index is 12.9. The van der Waals surface area contributed by atoms with Crippen molar-refractivity contribution in [1.82, 2.24) is 4.98 Å². The van der Waals surface area contributed by atoms with Gasteiger partial charge in [0.15, 0.2) is 0 Å². The highest BCUT2D eigenvalue weighted by molar-refractivity contribution is 6.47. The van der Waals surface area contributed by atoms with Gasteiger partial charge in [0, 0.05) is 23.7 Å². The SMILES string of the molecule is CN=C(C=CN)C(=O)Nc1ccc(-c2ccc3cc(C(F)(F)F)ccc3n2)cc1C. The van der Waals surface area contributed by atoms with Crippen LogP contribution in [0.15, 0.2) is 65.8 Å². The van der Waals surface area contributed by atoms with Crippen molar-refractivity contribution in [3.8, 4) is 11.3 Å². The van der Waals surface area contributed by atoms with Gasteiger partial charge in [0.1, 0.15) is 5.71 Å². The molecule has 0 spiro atoms. The molecule has 0 aliphatic rings. The molecule has 0 radical (unpaired) electrons. The van der Waals surface area contributed by atoms with Crippen LogP contribution >= 0.6 is 0 Å².